The standard InChI is InChI=1S/C14H22ClN3O/c1-3-6-13-16-12(15)9-14(17-13)18(4-2)10-11-7-5-8-19-11/h9,11H,3-8,10H2,1-2H3. The molecule has 1 atom stereocenters. The van der Waals surface area contributed by atoms with Crippen molar-refractivity contribution in [3.8, 4) is 0 Å². The predicted molar refractivity (Wildman–Crippen MR) is 77.9 cm³/mol. The lowest BCUT2D eigenvalue weighted by molar-refractivity contribution is 0.115. The minimum atomic E-state index is 0.323. The van der Waals surface area contributed by atoms with E-state index in [0.717, 1.165) is 57.0 Å². The molecular formula is C14H22ClN3O. The molecule has 0 aromatic carbocycles. The number of nitrogens with zero attached hydrogens (tertiary/aromatic N) is 3. The van der Waals surface area contributed by atoms with Gasteiger partial charge in [0.15, 0.2) is 0 Å². The fourth-order valence-electron chi connectivity index (χ4n) is 2.37. The highest BCUT2D eigenvalue weighted by Gasteiger charge is 2.20. The normalized spacial score (nSPS) is 18.8. The van der Waals surface area contributed by atoms with E-state index in [1.54, 1.807) is 0 Å². The van der Waals surface area contributed by atoms with Crippen molar-refractivity contribution in [2.45, 2.75) is 45.6 Å². The van der Waals surface area contributed by atoms with E-state index in [1.807, 2.05) is 6.07 Å². The number of rotatable bonds is 6. The number of anilines is 1. The Hall–Kier alpha value is -0.870. The zero-order chi connectivity index (χ0) is 13.7. The van der Waals surface area contributed by atoms with Gasteiger partial charge >= 0.3 is 0 Å². The van der Waals surface area contributed by atoms with Gasteiger partial charge in [0, 0.05) is 32.2 Å². The van der Waals surface area contributed by atoms with Crippen LogP contribution in [0.25, 0.3) is 0 Å². The first-order valence-corrected chi connectivity index (χ1v) is 7.50. The third kappa shape index (κ3) is 4.05. The van der Waals surface area contributed by atoms with E-state index in [0.29, 0.717) is 11.3 Å². The molecule has 5 heteroatoms. The minimum absolute atomic E-state index is 0.323. The summed E-state index contributed by atoms with van der Waals surface area (Å²) >= 11 is 6.09. The van der Waals surface area contributed by atoms with Crippen LogP contribution in [0.4, 0.5) is 5.82 Å². The number of aromatic nitrogens is 2. The zero-order valence-corrected chi connectivity index (χ0v) is 12.5. The third-order valence-corrected chi connectivity index (χ3v) is 3.55. The summed E-state index contributed by atoms with van der Waals surface area (Å²) in [4.78, 5) is 11.1. The number of ether oxygens (including phenoxy) is 1. The van der Waals surface area contributed by atoms with Gasteiger partial charge in [-0.05, 0) is 26.2 Å². The topological polar surface area (TPSA) is 38.2 Å². The van der Waals surface area contributed by atoms with Crippen LogP contribution in [0.2, 0.25) is 5.15 Å². The highest BCUT2D eigenvalue weighted by atomic mass is 35.5. The Bertz CT molecular complexity index is 408. The Kier molecular flexibility index (Phi) is 5.40. The lowest BCUT2D eigenvalue weighted by atomic mass is 10.2. The third-order valence-electron chi connectivity index (χ3n) is 3.36. The van der Waals surface area contributed by atoms with Crippen molar-refractivity contribution >= 4 is 17.4 Å². The van der Waals surface area contributed by atoms with Crippen molar-refractivity contribution < 1.29 is 4.74 Å². The first kappa shape index (κ1) is 14.5. The van der Waals surface area contributed by atoms with Crippen molar-refractivity contribution in [3.63, 3.8) is 0 Å². The first-order chi connectivity index (χ1) is 9.22. The molecule has 1 saturated heterocycles. The molecule has 0 saturated carbocycles. The van der Waals surface area contributed by atoms with Gasteiger partial charge in [-0.1, -0.05) is 18.5 Å². The summed E-state index contributed by atoms with van der Waals surface area (Å²) in [6, 6.07) is 1.85. The molecule has 1 aromatic rings. The smallest absolute Gasteiger partial charge is 0.134 e. The van der Waals surface area contributed by atoms with Crippen LogP contribution < -0.4 is 4.90 Å². The second-order valence-electron chi connectivity index (χ2n) is 4.89. The van der Waals surface area contributed by atoms with E-state index in [-0.39, 0.29) is 0 Å². The van der Waals surface area contributed by atoms with Crippen LogP contribution in [0.5, 0.6) is 0 Å². The molecule has 4 nitrogen and oxygen atoms in total. The summed E-state index contributed by atoms with van der Waals surface area (Å²) < 4.78 is 5.70. The van der Waals surface area contributed by atoms with Gasteiger partial charge in [0.2, 0.25) is 0 Å². The quantitative estimate of drug-likeness (QED) is 0.752. The van der Waals surface area contributed by atoms with Gasteiger partial charge in [-0.2, -0.15) is 0 Å². The monoisotopic (exact) mass is 283 g/mol. The van der Waals surface area contributed by atoms with E-state index in [2.05, 4.69) is 28.7 Å². The molecule has 2 rings (SSSR count). The predicted octanol–water partition coefficient (Wildman–Crippen LogP) is 3.09. The van der Waals surface area contributed by atoms with Crippen LogP contribution in [0.15, 0.2) is 6.07 Å². The summed E-state index contributed by atoms with van der Waals surface area (Å²) in [6.45, 7) is 6.92. The summed E-state index contributed by atoms with van der Waals surface area (Å²) in [6.07, 6.45) is 4.51. The maximum atomic E-state index is 6.09. The molecule has 106 valence electrons. The van der Waals surface area contributed by atoms with Gasteiger partial charge in [-0.15, -0.1) is 0 Å². The lowest BCUT2D eigenvalue weighted by Crippen LogP contribution is -2.32. The molecule has 0 spiro atoms. The largest absolute Gasteiger partial charge is 0.376 e. The maximum absolute atomic E-state index is 6.09. The second-order valence-corrected chi connectivity index (χ2v) is 5.28. The van der Waals surface area contributed by atoms with Crippen LogP contribution in [0.1, 0.15) is 38.9 Å². The molecule has 0 radical (unpaired) electrons. The average Bonchev–Trinajstić information content (AvgIpc) is 2.88. The Morgan fingerprint density at radius 1 is 1.42 bits per heavy atom. The van der Waals surface area contributed by atoms with E-state index in [1.165, 1.54) is 0 Å². The van der Waals surface area contributed by atoms with Crippen molar-refractivity contribution in [2.75, 3.05) is 24.6 Å². The second kappa shape index (κ2) is 7.06. The van der Waals surface area contributed by atoms with E-state index >= 15 is 0 Å². The van der Waals surface area contributed by atoms with Crippen molar-refractivity contribution in [1.29, 1.82) is 0 Å². The van der Waals surface area contributed by atoms with Gasteiger partial charge in [-0.25, -0.2) is 9.97 Å². The van der Waals surface area contributed by atoms with Crippen molar-refractivity contribution in [2.24, 2.45) is 0 Å². The highest BCUT2D eigenvalue weighted by molar-refractivity contribution is 6.29. The van der Waals surface area contributed by atoms with Crippen LogP contribution in [-0.2, 0) is 11.2 Å². The molecule has 1 unspecified atom stereocenters. The molecule has 0 N–H and O–H groups in total. The summed E-state index contributed by atoms with van der Waals surface area (Å²) in [5, 5.41) is 0.527. The van der Waals surface area contributed by atoms with Crippen LogP contribution in [0.3, 0.4) is 0 Å². The number of likely N-dealkylation sites (N-methyl/N-ethyl adjacent to an activating group) is 1. The van der Waals surface area contributed by atoms with Gasteiger partial charge in [-0.3, -0.25) is 0 Å². The number of aryl methyl sites for hydroxylation is 1. The summed E-state index contributed by atoms with van der Waals surface area (Å²) in [7, 11) is 0. The number of hydrogen-bond donors (Lipinski definition) is 0. The molecule has 0 aliphatic carbocycles. The fourth-order valence-corrected chi connectivity index (χ4v) is 2.56. The molecule has 1 aliphatic rings. The SMILES string of the molecule is CCCc1nc(Cl)cc(N(CC)CC2CCCO2)n1. The van der Waals surface area contributed by atoms with E-state index in [4.69, 9.17) is 16.3 Å². The molecule has 1 aromatic heterocycles. The molecule has 19 heavy (non-hydrogen) atoms. The molecule has 1 fully saturated rings. The van der Waals surface area contributed by atoms with Gasteiger partial charge in [0.1, 0.15) is 16.8 Å². The Labute approximate surface area is 120 Å². The fraction of sp³-hybridized carbons (Fsp3) is 0.714. The first-order valence-electron chi connectivity index (χ1n) is 7.13. The average molecular weight is 284 g/mol. The van der Waals surface area contributed by atoms with Gasteiger partial charge < -0.3 is 9.64 Å². The molecule has 0 bridgehead atoms. The van der Waals surface area contributed by atoms with Gasteiger partial charge in [0.05, 0.1) is 6.10 Å². The molecule has 0 amide bonds. The van der Waals surface area contributed by atoms with E-state index in [9.17, 15) is 0 Å². The van der Waals surface area contributed by atoms with E-state index < -0.39 is 0 Å². The molecule has 2 heterocycles. The molecular weight excluding hydrogens is 262 g/mol. The zero-order valence-electron chi connectivity index (χ0n) is 11.7. The minimum Gasteiger partial charge on any atom is -0.376 e. The van der Waals surface area contributed by atoms with Crippen LogP contribution in [-0.4, -0.2) is 35.8 Å². The molecule has 1 aliphatic heterocycles. The Morgan fingerprint density at radius 2 is 2.26 bits per heavy atom. The number of halogens is 1. The van der Waals surface area contributed by atoms with Crippen molar-refractivity contribution in [3.05, 3.63) is 17.0 Å². The lowest BCUT2D eigenvalue weighted by Gasteiger charge is -2.25. The van der Waals surface area contributed by atoms with Crippen LogP contribution >= 0.6 is 11.6 Å². The van der Waals surface area contributed by atoms with Gasteiger partial charge in [0.25, 0.3) is 0 Å². The summed E-state index contributed by atoms with van der Waals surface area (Å²) in [5.74, 6) is 1.75. The number of hydrogen-bond acceptors (Lipinski definition) is 4. The Balaban J connectivity index is 2.11. The summed E-state index contributed by atoms with van der Waals surface area (Å²) in [5.41, 5.74) is 0. The highest BCUT2D eigenvalue weighted by Crippen LogP contribution is 2.20. The maximum Gasteiger partial charge on any atom is 0.134 e. The Morgan fingerprint density at radius 3 is 2.89 bits per heavy atom. The van der Waals surface area contributed by atoms with Crippen LogP contribution in [0, 0.1) is 0 Å². The van der Waals surface area contributed by atoms with Crippen molar-refractivity contribution in [1.82, 2.24) is 9.97 Å².